The summed E-state index contributed by atoms with van der Waals surface area (Å²) in [5, 5.41) is 2.96. The van der Waals surface area contributed by atoms with E-state index in [0.29, 0.717) is 13.0 Å². The Morgan fingerprint density at radius 2 is 2.00 bits per heavy atom. The summed E-state index contributed by atoms with van der Waals surface area (Å²) in [6.07, 6.45) is 0.682. The predicted molar refractivity (Wildman–Crippen MR) is 113 cm³/mol. The van der Waals surface area contributed by atoms with Crippen molar-refractivity contribution < 1.29 is 17.9 Å². The van der Waals surface area contributed by atoms with Gasteiger partial charge in [-0.1, -0.05) is 46.6 Å². The third-order valence-corrected chi connectivity index (χ3v) is 6.09. The highest BCUT2D eigenvalue weighted by Gasteiger charge is 2.16. The van der Waals surface area contributed by atoms with Crippen molar-refractivity contribution in [3.8, 4) is 5.75 Å². The highest BCUT2D eigenvalue weighted by molar-refractivity contribution is 9.10. The SMILES string of the molecule is CCCNS(=O)(=O)c1ccc(OCC(=O)N[C@H](C)c2cccc(Br)c2)c(Cl)c1. The molecule has 0 saturated carbocycles. The lowest BCUT2D eigenvalue weighted by molar-refractivity contribution is -0.123. The lowest BCUT2D eigenvalue weighted by Crippen LogP contribution is -2.31. The van der Waals surface area contributed by atoms with Crippen LogP contribution in [0, 0.1) is 0 Å². The zero-order valence-electron chi connectivity index (χ0n) is 15.5. The maximum atomic E-state index is 12.1. The first-order valence-corrected chi connectivity index (χ1v) is 11.3. The minimum absolute atomic E-state index is 0.0472. The van der Waals surface area contributed by atoms with Gasteiger partial charge in [0.25, 0.3) is 5.91 Å². The number of hydrogen-bond donors (Lipinski definition) is 2. The second-order valence-electron chi connectivity index (χ2n) is 6.12. The fraction of sp³-hybridized carbons (Fsp3) is 0.316. The van der Waals surface area contributed by atoms with Crippen molar-refractivity contribution in [2.45, 2.75) is 31.2 Å². The Hall–Kier alpha value is -1.61. The first-order chi connectivity index (χ1) is 13.2. The van der Waals surface area contributed by atoms with Crippen LogP contribution in [0.5, 0.6) is 5.75 Å². The molecule has 2 rings (SSSR count). The molecule has 2 aromatic carbocycles. The summed E-state index contributed by atoms with van der Waals surface area (Å²) >= 11 is 9.52. The van der Waals surface area contributed by atoms with Crippen LogP contribution < -0.4 is 14.8 Å². The maximum Gasteiger partial charge on any atom is 0.258 e. The van der Waals surface area contributed by atoms with Crippen LogP contribution in [0.25, 0.3) is 0 Å². The Kier molecular flexibility index (Phi) is 8.30. The van der Waals surface area contributed by atoms with E-state index in [9.17, 15) is 13.2 Å². The smallest absolute Gasteiger partial charge is 0.258 e. The molecule has 0 saturated heterocycles. The molecule has 0 heterocycles. The normalized spacial score (nSPS) is 12.4. The fourth-order valence-electron chi connectivity index (χ4n) is 2.37. The molecule has 2 N–H and O–H groups in total. The Labute approximate surface area is 178 Å². The number of benzene rings is 2. The van der Waals surface area contributed by atoms with Gasteiger partial charge in [0.05, 0.1) is 16.0 Å². The van der Waals surface area contributed by atoms with Gasteiger partial charge in [-0.25, -0.2) is 13.1 Å². The molecule has 0 aromatic heterocycles. The number of halogens is 2. The second-order valence-corrected chi connectivity index (χ2v) is 9.21. The van der Waals surface area contributed by atoms with Crippen molar-refractivity contribution >= 4 is 43.5 Å². The number of rotatable bonds is 9. The van der Waals surface area contributed by atoms with Gasteiger partial charge in [-0.2, -0.15) is 0 Å². The van der Waals surface area contributed by atoms with Gasteiger partial charge in [-0.15, -0.1) is 0 Å². The molecule has 0 spiro atoms. The average molecular weight is 490 g/mol. The Morgan fingerprint density at radius 1 is 1.25 bits per heavy atom. The molecule has 9 heteroatoms. The van der Waals surface area contributed by atoms with Crippen molar-refractivity contribution in [1.29, 1.82) is 0 Å². The molecule has 0 bridgehead atoms. The van der Waals surface area contributed by atoms with E-state index in [-0.39, 0.29) is 34.2 Å². The van der Waals surface area contributed by atoms with Crippen LogP contribution in [0.15, 0.2) is 51.8 Å². The molecule has 152 valence electrons. The van der Waals surface area contributed by atoms with Gasteiger partial charge in [-0.05, 0) is 49.2 Å². The fourth-order valence-corrected chi connectivity index (χ4v) is 4.25. The van der Waals surface area contributed by atoms with E-state index in [1.165, 1.54) is 18.2 Å². The molecular weight excluding hydrogens is 468 g/mol. The Bertz CT molecular complexity index is 937. The number of nitrogens with one attached hydrogen (secondary N) is 2. The topological polar surface area (TPSA) is 84.5 Å². The molecule has 0 aliphatic heterocycles. The van der Waals surface area contributed by atoms with Crippen molar-refractivity contribution in [1.82, 2.24) is 10.0 Å². The van der Waals surface area contributed by atoms with Crippen molar-refractivity contribution in [3.05, 3.63) is 57.5 Å². The van der Waals surface area contributed by atoms with E-state index in [2.05, 4.69) is 26.0 Å². The van der Waals surface area contributed by atoms with Crippen LogP contribution in [0.3, 0.4) is 0 Å². The zero-order chi connectivity index (χ0) is 20.7. The van der Waals surface area contributed by atoms with Crippen LogP contribution in [0.4, 0.5) is 0 Å². The maximum absolute atomic E-state index is 12.1. The minimum Gasteiger partial charge on any atom is -0.482 e. The molecular formula is C19H22BrClN2O4S. The van der Waals surface area contributed by atoms with Crippen LogP contribution in [0.2, 0.25) is 5.02 Å². The molecule has 1 amide bonds. The third kappa shape index (κ3) is 6.48. The summed E-state index contributed by atoms with van der Waals surface area (Å²) in [5.74, 6) is -0.0776. The van der Waals surface area contributed by atoms with Crippen LogP contribution in [0.1, 0.15) is 31.9 Å². The van der Waals surface area contributed by atoms with E-state index >= 15 is 0 Å². The molecule has 0 aliphatic rings. The van der Waals surface area contributed by atoms with E-state index < -0.39 is 10.0 Å². The largest absolute Gasteiger partial charge is 0.482 e. The first-order valence-electron chi connectivity index (χ1n) is 8.69. The molecule has 0 aliphatic carbocycles. The number of sulfonamides is 1. The standard InChI is InChI=1S/C19H22BrClN2O4S/c1-3-9-22-28(25,26)16-7-8-18(17(21)11-16)27-12-19(24)23-13(2)14-5-4-6-15(20)10-14/h4-8,10-11,13,22H,3,9,12H2,1-2H3,(H,23,24)/t13-/m1/s1. The Morgan fingerprint density at radius 3 is 2.64 bits per heavy atom. The highest BCUT2D eigenvalue weighted by Crippen LogP contribution is 2.27. The average Bonchev–Trinajstić information content (AvgIpc) is 2.65. The molecule has 0 fully saturated rings. The summed E-state index contributed by atoms with van der Waals surface area (Å²) in [4.78, 5) is 12.2. The number of ether oxygens (including phenoxy) is 1. The van der Waals surface area contributed by atoms with Gasteiger partial charge in [-0.3, -0.25) is 4.79 Å². The summed E-state index contributed by atoms with van der Waals surface area (Å²) in [6.45, 7) is 3.84. The van der Waals surface area contributed by atoms with E-state index in [1.807, 2.05) is 38.1 Å². The minimum atomic E-state index is -3.62. The molecule has 28 heavy (non-hydrogen) atoms. The lowest BCUT2D eigenvalue weighted by atomic mass is 10.1. The highest BCUT2D eigenvalue weighted by atomic mass is 79.9. The number of hydrogen-bond acceptors (Lipinski definition) is 4. The molecule has 2 aromatic rings. The van der Waals surface area contributed by atoms with Crippen LogP contribution in [-0.4, -0.2) is 27.5 Å². The van der Waals surface area contributed by atoms with Gasteiger partial charge in [0.15, 0.2) is 6.61 Å². The molecule has 1 atom stereocenters. The summed E-state index contributed by atoms with van der Waals surface area (Å²) < 4.78 is 33.1. The van der Waals surface area contributed by atoms with E-state index in [1.54, 1.807) is 0 Å². The van der Waals surface area contributed by atoms with Gasteiger partial charge in [0.2, 0.25) is 10.0 Å². The molecule has 0 radical (unpaired) electrons. The summed E-state index contributed by atoms with van der Waals surface area (Å²) in [5.41, 5.74) is 0.954. The van der Waals surface area contributed by atoms with Gasteiger partial charge >= 0.3 is 0 Å². The van der Waals surface area contributed by atoms with Crippen molar-refractivity contribution in [2.75, 3.05) is 13.2 Å². The second kappa shape index (κ2) is 10.2. The van der Waals surface area contributed by atoms with Crippen LogP contribution >= 0.6 is 27.5 Å². The molecule has 6 nitrogen and oxygen atoms in total. The quantitative estimate of drug-likeness (QED) is 0.557. The lowest BCUT2D eigenvalue weighted by Gasteiger charge is -2.15. The van der Waals surface area contributed by atoms with Crippen molar-refractivity contribution in [3.63, 3.8) is 0 Å². The number of carbonyl (C=O) groups is 1. The monoisotopic (exact) mass is 488 g/mol. The third-order valence-electron chi connectivity index (χ3n) is 3.84. The van der Waals surface area contributed by atoms with Crippen molar-refractivity contribution in [2.24, 2.45) is 0 Å². The zero-order valence-corrected chi connectivity index (χ0v) is 18.7. The number of amides is 1. The van der Waals surface area contributed by atoms with E-state index in [4.69, 9.17) is 16.3 Å². The first kappa shape index (κ1) is 22.7. The van der Waals surface area contributed by atoms with Gasteiger partial charge in [0.1, 0.15) is 5.75 Å². The number of carbonyl (C=O) groups excluding carboxylic acids is 1. The molecule has 0 unspecified atom stereocenters. The van der Waals surface area contributed by atoms with Gasteiger partial charge < -0.3 is 10.1 Å². The Balaban J connectivity index is 1.96. The van der Waals surface area contributed by atoms with Gasteiger partial charge in [0, 0.05) is 11.0 Å². The predicted octanol–water partition coefficient (Wildman–Crippen LogP) is 4.05. The van der Waals surface area contributed by atoms with Crippen LogP contribution in [-0.2, 0) is 14.8 Å². The summed E-state index contributed by atoms with van der Waals surface area (Å²) in [6, 6.07) is 11.6. The summed E-state index contributed by atoms with van der Waals surface area (Å²) in [7, 11) is -3.62. The van der Waals surface area contributed by atoms with E-state index in [0.717, 1.165) is 10.0 Å².